The predicted octanol–water partition coefficient (Wildman–Crippen LogP) is 6.10. The molecule has 2 unspecified atom stereocenters. The van der Waals surface area contributed by atoms with Crippen LogP contribution in [0.2, 0.25) is 0 Å². The molecule has 98 valence electrons. The van der Waals surface area contributed by atoms with E-state index in [0.29, 0.717) is 5.92 Å². The van der Waals surface area contributed by atoms with E-state index >= 15 is 0 Å². The van der Waals surface area contributed by atoms with E-state index in [1.165, 1.54) is 26.3 Å². The fraction of sp³-hybridized carbons (Fsp3) is 0.158. The third-order valence-electron chi connectivity index (χ3n) is 4.11. The van der Waals surface area contributed by atoms with Crippen LogP contribution in [0.3, 0.4) is 0 Å². The molecule has 1 aliphatic carbocycles. The predicted molar refractivity (Wildman–Crippen MR) is 89.8 cm³/mol. The van der Waals surface area contributed by atoms with Gasteiger partial charge in [-0.3, -0.25) is 0 Å². The summed E-state index contributed by atoms with van der Waals surface area (Å²) in [5.41, 5.74) is 1.58. The van der Waals surface area contributed by atoms with Gasteiger partial charge in [-0.05, 0) is 42.7 Å². The molecule has 0 amide bonds. The van der Waals surface area contributed by atoms with Crippen molar-refractivity contribution >= 4 is 26.6 Å². The molecule has 0 spiro atoms. The molecule has 0 nitrogen and oxygen atoms in total. The summed E-state index contributed by atoms with van der Waals surface area (Å²) < 4.78 is 1.50. The fourth-order valence-electron chi connectivity index (χ4n) is 3.20. The summed E-state index contributed by atoms with van der Waals surface area (Å²) in [6.07, 6.45) is 5.88. The molecule has 4 rings (SSSR count). The largest absolute Gasteiger partial charge is 0.187 e. The lowest BCUT2D eigenvalue weighted by molar-refractivity contribution is 0.783. The molecule has 0 radical (unpaired) electrons. The van der Waals surface area contributed by atoms with Crippen molar-refractivity contribution < 1.29 is 0 Å². The Morgan fingerprint density at radius 3 is 2.55 bits per heavy atom. The second kappa shape index (κ2) is 4.60. The normalized spacial score (nSPS) is 18.2. The maximum atomic E-state index is 2.37. The van der Waals surface area contributed by atoms with Crippen molar-refractivity contribution in [3.63, 3.8) is 0 Å². The molecule has 0 saturated heterocycles. The monoisotopic (exact) mass is 277 g/mol. The first-order valence-electron chi connectivity index (χ1n) is 7.15. The van der Waals surface area contributed by atoms with Crippen molar-refractivity contribution in [2.45, 2.75) is 19.3 Å². The SMILES string of the molecule is CC1CC=Cc2c1c1ccccc1[s+]2-c1ccccc1. The van der Waals surface area contributed by atoms with Gasteiger partial charge < -0.3 is 0 Å². The van der Waals surface area contributed by atoms with E-state index < -0.39 is 0 Å². The molecular formula is C19H17S+. The lowest BCUT2D eigenvalue weighted by Gasteiger charge is -2.11. The quantitative estimate of drug-likeness (QED) is 0.471. The van der Waals surface area contributed by atoms with Crippen molar-refractivity contribution in [3.8, 4) is 4.90 Å². The van der Waals surface area contributed by atoms with E-state index in [1.54, 1.807) is 5.56 Å². The first kappa shape index (κ1) is 11.9. The molecular weight excluding hydrogens is 260 g/mol. The molecule has 1 aromatic heterocycles. The van der Waals surface area contributed by atoms with Crippen molar-refractivity contribution in [1.82, 2.24) is 0 Å². The first-order chi connectivity index (χ1) is 9.86. The Labute approximate surface area is 122 Å². The topological polar surface area (TPSA) is 0 Å². The number of hydrogen-bond acceptors (Lipinski definition) is 0. The van der Waals surface area contributed by atoms with Gasteiger partial charge in [0.2, 0.25) is 0 Å². The first-order valence-corrected chi connectivity index (χ1v) is 8.38. The van der Waals surface area contributed by atoms with Gasteiger partial charge in [-0.25, -0.2) is 0 Å². The van der Waals surface area contributed by atoms with Gasteiger partial charge in [0.15, 0.2) is 14.5 Å². The molecule has 0 fully saturated rings. The molecule has 2 aromatic carbocycles. The van der Waals surface area contributed by atoms with Gasteiger partial charge in [-0.1, -0.05) is 43.3 Å². The summed E-state index contributed by atoms with van der Waals surface area (Å²) in [6.45, 7) is 2.35. The molecule has 1 heteroatoms. The van der Waals surface area contributed by atoms with Crippen LogP contribution >= 0.6 is 10.5 Å². The lowest BCUT2D eigenvalue weighted by Crippen LogP contribution is -1.96. The maximum absolute atomic E-state index is 2.37. The Morgan fingerprint density at radius 1 is 0.950 bits per heavy atom. The number of allylic oxidation sites excluding steroid dienone is 1. The minimum absolute atomic E-state index is 0.0900. The molecule has 0 saturated carbocycles. The van der Waals surface area contributed by atoms with E-state index in [0.717, 1.165) is 0 Å². The summed E-state index contributed by atoms with van der Waals surface area (Å²) >= 11 is 0. The van der Waals surface area contributed by atoms with Gasteiger partial charge in [0.05, 0.1) is 0 Å². The Hall–Kier alpha value is -1.86. The molecule has 3 aromatic rings. The highest BCUT2D eigenvalue weighted by Crippen LogP contribution is 2.51. The van der Waals surface area contributed by atoms with Crippen LogP contribution in [-0.2, 0) is 0 Å². The third kappa shape index (κ3) is 1.66. The highest BCUT2D eigenvalue weighted by Gasteiger charge is 2.31. The summed E-state index contributed by atoms with van der Waals surface area (Å²) in [6, 6.07) is 19.9. The van der Waals surface area contributed by atoms with Gasteiger partial charge in [0.25, 0.3) is 0 Å². The van der Waals surface area contributed by atoms with E-state index in [1.807, 2.05) is 0 Å². The summed E-state index contributed by atoms with van der Waals surface area (Å²) in [5, 5.41) is 1.48. The molecule has 20 heavy (non-hydrogen) atoms. The van der Waals surface area contributed by atoms with E-state index in [4.69, 9.17) is 0 Å². The Bertz CT molecular complexity index is 793. The zero-order valence-corrected chi connectivity index (χ0v) is 12.4. The van der Waals surface area contributed by atoms with Gasteiger partial charge in [-0.15, -0.1) is 0 Å². The van der Waals surface area contributed by atoms with Gasteiger partial charge >= 0.3 is 0 Å². The van der Waals surface area contributed by atoms with Gasteiger partial charge in [-0.2, -0.15) is 0 Å². The van der Waals surface area contributed by atoms with Crippen LogP contribution in [0.25, 0.3) is 21.1 Å². The molecule has 1 heterocycles. The molecule has 0 aliphatic heterocycles. The zero-order chi connectivity index (χ0) is 13.5. The third-order valence-corrected chi connectivity index (χ3v) is 6.45. The minimum Gasteiger partial charge on any atom is -0.0785 e. The van der Waals surface area contributed by atoms with Crippen LogP contribution in [0.1, 0.15) is 29.7 Å². The number of thiophene rings is 1. The Balaban J connectivity index is 2.14. The average Bonchev–Trinajstić information content (AvgIpc) is 2.84. The standard InChI is InChI=1S/C19H17S/c1-14-8-7-13-18-19(14)16-11-5-6-12-17(16)20(18)15-9-3-2-4-10-15/h2-7,9-14H,8H2,1H3/q+1. The molecule has 0 N–H and O–H groups in total. The van der Waals surface area contributed by atoms with Crippen molar-refractivity contribution in [2.75, 3.05) is 0 Å². The second-order valence-electron chi connectivity index (χ2n) is 5.43. The minimum atomic E-state index is 0.0900. The average molecular weight is 277 g/mol. The summed E-state index contributed by atoms with van der Waals surface area (Å²) in [7, 11) is 0.0900. The van der Waals surface area contributed by atoms with E-state index in [2.05, 4.69) is 73.7 Å². The number of benzene rings is 2. The van der Waals surface area contributed by atoms with Crippen molar-refractivity contribution in [2.24, 2.45) is 0 Å². The van der Waals surface area contributed by atoms with Crippen LogP contribution in [0, 0.1) is 0 Å². The number of fused-ring (bicyclic) bond motifs is 3. The van der Waals surface area contributed by atoms with Crippen LogP contribution in [-0.4, -0.2) is 0 Å². The second-order valence-corrected chi connectivity index (χ2v) is 7.40. The van der Waals surface area contributed by atoms with Crippen LogP contribution in [0.4, 0.5) is 0 Å². The molecule has 0 bridgehead atoms. The van der Waals surface area contributed by atoms with Crippen molar-refractivity contribution in [3.05, 3.63) is 71.1 Å². The van der Waals surface area contributed by atoms with Gasteiger partial charge in [0, 0.05) is 21.4 Å². The van der Waals surface area contributed by atoms with E-state index in [-0.39, 0.29) is 10.5 Å². The van der Waals surface area contributed by atoms with Gasteiger partial charge in [0.1, 0.15) is 0 Å². The Kier molecular flexibility index (Phi) is 2.75. The van der Waals surface area contributed by atoms with Crippen LogP contribution < -0.4 is 0 Å². The lowest BCUT2D eigenvalue weighted by atomic mass is 9.91. The smallest absolute Gasteiger partial charge is 0.0785 e. The molecule has 1 aliphatic rings. The highest BCUT2D eigenvalue weighted by atomic mass is 32.2. The van der Waals surface area contributed by atoms with Crippen LogP contribution in [0.15, 0.2) is 60.7 Å². The van der Waals surface area contributed by atoms with E-state index in [9.17, 15) is 0 Å². The summed E-state index contributed by atoms with van der Waals surface area (Å²) in [4.78, 5) is 2.97. The molecule has 2 atom stereocenters. The summed E-state index contributed by atoms with van der Waals surface area (Å²) in [5.74, 6) is 0.636. The zero-order valence-electron chi connectivity index (χ0n) is 11.5. The highest BCUT2D eigenvalue weighted by molar-refractivity contribution is 7.45. The number of rotatable bonds is 1. The van der Waals surface area contributed by atoms with Crippen LogP contribution in [0.5, 0.6) is 0 Å². The fourth-order valence-corrected chi connectivity index (χ4v) is 5.75. The number of hydrogen-bond donors (Lipinski definition) is 0. The van der Waals surface area contributed by atoms with Crippen molar-refractivity contribution in [1.29, 1.82) is 0 Å². The Morgan fingerprint density at radius 2 is 1.70 bits per heavy atom. The maximum Gasteiger partial charge on any atom is 0.187 e.